The zero-order chi connectivity index (χ0) is 22.8. The van der Waals surface area contributed by atoms with Crippen molar-refractivity contribution in [3.05, 3.63) is 35.9 Å². The molecule has 178 valence electrons. The molecule has 0 fully saturated rings. The van der Waals surface area contributed by atoms with Crippen LogP contribution >= 0.6 is 0 Å². The Balaban J connectivity index is 2.04. The molecule has 0 N–H and O–H groups in total. The van der Waals surface area contributed by atoms with Crippen molar-refractivity contribution in [3.8, 4) is 0 Å². The fourth-order valence-electron chi connectivity index (χ4n) is 4.08. The molecule has 0 aliphatic rings. The maximum absolute atomic E-state index is 12.7. The van der Waals surface area contributed by atoms with E-state index in [0.29, 0.717) is 11.1 Å². The van der Waals surface area contributed by atoms with E-state index in [4.69, 9.17) is 4.74 Å². The van der Waals surface area contributed by atoms with Gasteiger partial charge in [0.1, 0.15) is 0 Å². The first kappa shape index (κ1) is 27.7. The summed E-state index contributed by atoms with van der Waals surface area (Å²) in [5.74, 6) is -0.0638. The van der Waals surface area contributed by atoms with Gasteiger partial charge in [0.25, 0.3) is 0 Å². The van der Waals surface area contributed by atoms with Crippen LogP contribution in [0.25, 0.3) is 0 Å². The van der Waals surface area contributed by atoms with Crippen LogP contribution in [0.4, 0.5) is 0 Å². The smallest absolute Gasteiger partial charge is 0.365 e. The molecule has 3 heteroatoms. The number of ether oxygens (including phenoxy) is 1. The summed E-state index contributed by atoms with van der Waals surface area (Å²) in [6.07, 6.45) is 19.5. The lowest BCUT2D eigenvalue weighted by Gasteiger charge is -2.32. The van der Waals surface area contributed by atoms with E-state index < -0.39 is 0 Å². The predicted molar refractivity (Wildman–Crippen MR) is 133 cm³/mol. The molecule has 1 aromatic carbocycles. The first-order valence-electron chi connectivity index (χ1n) is 13.0. The summed E-state index contributed by atoms with van der Waals surface area (Å²) < 4.78 is 6.25. The van der Waals surface area contributed by atoms with Crippen molar-refractivity contribution in [2.45, 2.75) is 109 Å². The molecule has 0 bridgehead atoms. The number of hydrogen-bond acceptors (Lipinski definition) is 2. The van der Waals surface area contributed by atoms with Gasteiger partial charge in [0.15, 0.2) is 6.04 Å². The number of carbonyl (C=O) groups excluding carboxylic acids is 1. The minimum absolute atomic E-state index is 0.0638. The number of nitrogens with zero attached hydrogens (tertiary/aromatic N) is 1. The van der Waals surface area contributed by atoms with Crippen LogP contribution < -0.4 is 0 Å². The van der Waals surface area contributed by atoms with Gasteiger partial charge in [-0.3, -0.25) is 0 Å². The van der Waals surface area contributed by atoms with Gasteiger partial charge in [-0.05, 0) is 12.0 Å². The van der Waals surface area contributed by atoms with E-state index in [9.17, 15) is 4.79 Å². The third kappa shape index (κ3) is 14.4. The Kier molecular flexibility index (Phi) is 15.4. The molecule has 1 aromatic rings. The summed E-state index contributed by atoms with van der Waals surface area (Å²) in [7, 11) is 6.21. The summed E-state index contributed by atoms with van der Waals surface area (Å²) in [4.78, 5) is 12.7. The number of carbonyl (C=O) groups is 1. The fourth-order valence-corrected chi connectivity index (χ4v) is 4.08. The minimum Gasteiger partial charge on any atom is -0.461 e. The Bertz CT molecular complexity index is 550. The van der Waals surface area contributed by atoms with E-state index >= 15 is 0 Å². The number of likely N-dealkylation sites (N-methyl/N-ethyl adjacent to an activating group) is 1. The van der Waals surface area contributed by atoms with Crippen LogP contribution in [0.2, 0.25) is 0 Å². The fraction of sp³-hybridized carbons (Fsp3) is 0.750. The Morgan fingerprint density at radius 3 is 1.65 bits per heavy atom. The normalized spacial score (nSPS) is 12.6. The molecule has 1 rings (SSSR count). The lowest BCUT2D eigenvalue weighted by Crippen LogP contribution is -2.51. The van der Waals surface area contributed by atoms with Crippen LogP contribution in [0.5, 0.6) is 0 Å². The Morgan fingerprint density at radius 2 is 1.19 bits per heavy atom. The molecular formula is C28H50NO2+. The van der Waals surface area contributed by atoms with Crippen molar-refractivity contribution in [2.24, 2.45) is 0 Å². The van der Waals surface area contributed by atoms with Gasteiger partial charge in [0.2, 0.25) is 0 Å². The average molecular weight is 433 g/mol. The van der Waals surface area contributed by atoms with E-state index in [1.165, 1.54) is 89.0 Å². The number of unbranched alkanes of at least 4 members (excludes halogenated alkanes) is 13. The first-order chi connectivity index (χ1) is 14.9. The SMILES string of the molecule is CCCCCCCCCCCCCCCCOC(=O)C(Cc1ccccc1)[N+](C)(C)C. The maximum Gasteiger partial charge on any atom is 0.365 e. The summed E-state index contributed by atoms with van der Waals surface area (Å²) >= 11 is 0. The predicted octanol–water partition coefficient (Wildman–Crippen LogP) is 7.33. The Hall–Kier alpha value is -1.35. The van der Waals surface area contributed by atoms with Crippen LogP contribution in [0.1, 0.15) is 102 Å². The van der Waals surface area contributed by atoms with Gasteiger partial charge >= 0.3 is 5.97 Å². The van der Waals surface area contributed by atoms with Gasteiger partial charge in [0.05, 0.1) is 27.7 Å². The molecule has 1 unspecified atom stereocenters. The summed E-state index contributed by atoms with van der Waals surface area (Å²) in [6, 6.07) is 10.1. The molecular weight excluding hydrogens is 382 g/mol. The molecule has 0 amide bonds. The standard InChI is InChI=1S/C28H50NO2/c1-5-6-7-8-9-10-11-12-13-14-15-16-17-21-24-31-28(30)27(29(2,3)4)25-26-22-19-18-20-23-26/h18-20,22-23,27H,5-17,21,24-25H2,1-4H3/q+1. The number of esters is 1. The molecule has 0 aromatic heterocycles. The zero-order valence-electron chi connectivity index (χ0n) is 21.0. The van der Waals surface area contributed by atoms with Crippen molar-refractivity contribution in [3.63, 3.8) is 0 Å². The first-order valence-corrected chi connectivity index (χ1v) is 13.0. The van der Waals surface area contributed by atoms with E-state index in [1.807, 2.05) is 18.2 Å². The Morgan fingerprint density at radius 1 is 0.742 bits per heavy atom. The number of benzene rings is 1. The molecule has 0 saturated carbocycles. The van der Waals surface area contributed by atoms with Crippen LogP contribution in [-0.4, -0.2) is 44.2 Å². The molecule has 0 radical (unpaired) electrons. The van der Waals surface area contributed by atoms with E-state index in [0.717, 1.165) is 12.8 Å². The van der Waals surface area contributed by atoms with Crippen LogP contribution in [0, 0.1) is 0 Å². The van der Waals surface area contributed by atoms with Crippen LogP contribution in [0.15, 0.2) is 30.3 Å². The van der Waals surface area contributed by atoms with Gasteiger partial charge in [-0.25, -0.2) is 4.79 Å². The lowest BCUT2D eigenvalue weighted by atomic mass is 10.0. The molecule has 0 aliphatic carbocycles. The van der Waals surface area contributed by atoms with Gasteiger partial charge in [-0.15, -0.1) is 0 Å². The monoisotopic (exact) mass is 432 g/mol. The number of quaternary nitrogens is 1. The minimum atomic E-state index is -0.158. The summed E-state index contributed by atoms with van der Waals surface area (Å²) in [5.41, 5.74) is 1.19. The van der Waals surface area contributed by atoms with Crippen LogP contribution in [-0.2, 0) is 16.0 Å². The number of rotatable bonds is 19. The molecule has 0 spiro atoms. The Labute approximate surface area is 193 Å². The molecule has 31 heavy (non-hydrogen) atoms. The van der Waals surface area contributed by atoms with Gasteiger partial charge in [-0.2, -0.15) is 0 Å². The quantitative estimate of drug-likeness (QED) is 0.130. The van der Waals surface area contributed by atoms with Crippen molar-refractivity contribution in [2.75, 3.05) is 27.7 Å². The highest BCUT2D eigenvalue weighted by molar-refractivity contribution is 5.75. The van der Waals surface area contributed by atoms with E-state index in [2.05, 4.69) is 40.2 Å². The summed E-state index contributed by atoms with van der Waals surface area (Å²) in [5, 5.41) is 0. The topological polar surface area (TPSA) is 26.3 Å². The van der Waals surface area contributed by atoms with Crippen molar-refractivity contribution in [1.29, 1.82) is 0 Å². The zero-order valence-corrected chi connectivity index (χ0v) is 21.0. The average Bonchev–Trinajstić information content (AvgIpc) is 2.74. The van der Waals surface area contributed by atoms with Crippen molar-refractivity contribution < 1.29 is 14.0 Å². The molecule has 0 aliphatic heterocycles. The molecule has 0 heterocycles. The third-order valence-corrected chi connectivity index (χ3v) is 6.22. The second kappa shape index (κ2) is 17.2. The second-order valence-electron chi connectivity index (χ2n) is 10.1. The third-order valence-electron chi connectivity index (χ3n) is 6.22. The lowest BCUT2D eigenvalue weighted by molar-refractivity contribution is -0.887. The van der Waals surface area contributed by atoms with Crippen LogP contribution in [0.3, 0.4) is 0 Å². The van der Waals surface area contributed by atoms with Gasteiger partial charge in [-0.1, -0.05) is 121 Å². The summed E-state index contributed by atoms with van der Waals surface area (Å²) in [6.45, 7) is 2.84. The molecule has 0 saturated heterocycles. The number of hydrogen-bond donors (Lipinski definition) is 0. The van der Waals surface area contributed by atoms with Crippen molar-refractivity contribution in [1.82, 2.24) is 0 Å². The van der Waals surface area contributed by atoms with E-state index in [-0.39, 0.29) is 12.0 Å². The van der Waals surface area contributed by atoms with Gasteiger partial charge in [0, 0.05) is 6.42 Å². The highest BCUT2D eigenvalue weighted by Gasteiger charge is 2.33. The van der Waals surface area contributed by atoms with E-state index in [1.54, 1.807) is 0 Å². The second-order valence-corrected chi connectivity index (χ2v) is 10.1. The van der Waals surface area contributed by atoms with Gasteiger partial charge < -0.3 is 9.22 Å². The highest BCUT2D eigenvalue weighted by Crippen LogP contribution is 2.15. The molecule has 3 nitrogen and oxygen atoms in total. The largest absolute Gasteiger partial charge is 0.461 e. The molecule has 1 atom stereocenters. The highest BCUT2D eigenvalue weighted by atomic mass is 16.5. The maximum atomic E-state index is 12.7. The van der Waals surface area contributed by atoms with Crippen molar-refractivity contribution >= 4 is 5.97 Å².